The number of thiocarbonyl (C=S) groups is 1. The van der Waals surface area contributed by atoms with Crippen LogP contribution in [-0.4, -0.2) is 77.3 Å². The molecule has 1 saturated heterocycles. The Morgan fingerprint density at radius 3 is 2.77 bits per heavy atom. The molecule has 12 heteroatoms. The van der Waals surface area contributed by atoms with Gasteiger partial charge in [0.05, 0.1) is 18.6 Å². The Bertz CT molecular complexity index is 993. The first-order valence-electron chi connectivity index (χ1n) is 9.12. The molecule has 2 aromatic rings. The number of ether oxygens (including phenoxy) is 2. The van der Waals surface area contributed by atoms with Crippen LogP contribution in [0.15, 0.2) is 17.4 Å². The lowest BCUT2D eigenvalue weighted by Crippen LogP contribution is -2.44. The van der Waals surface area contributed by atoms with Crippen LogP contribution < -0.4 is 5.73 Å². The Labute approximate surface area is 182 Å². The summed E-state index contributed by atoms with van der Waals surface area (Å²) in [5.74, 6) is -0.126. The van der Waals surface area contributed by atoms with Crippen LogP contribution in [0, 0.1) is 0 Å². The van der Waals surface area contributed by atoms with Gasteiger partial charge in [-0.1, -0.05) is 11.8 Å². The van der Waals surface area contributed by atoms with Crippen LogP contribution in [0.1, 0.15) is 25.6 Å². The maximum atomic E-state index is 10.9. The Morgan fingerprint density at radius 2 is 2.20 bits per heavy atom. The number of aromatic nitrogens is 3. The van der Waals surface area contributed by atoms with Crippen molar-refractivity contribution in [1.29, 1.82) is 0 Å². The van der Waals surface area contributed by atoms with Crippen LogP contribution in [0.25, 0.3) is 16.8 Å². The fraction of sp³-hybridized carbons (Fsp3) is 0.500. The summed E-state index contributed by atoms with van der Waals surface area (Å²) < 4.78 is 12.4. The van der Waals surface area contributed by atoms with E-state index in [2.05, 4.69) is 9.97 Å². The molecule has 30 heavy (non-hydrogen) atoms. The van der Waals surface area contributed by atoms with Crippen molar-refractivity contribution in [3.05, 3.63) is 17.8 Å². The zero-order valence-electron chi connectivity index (χ0n) is 16.6. The molecule has 1 unspecified atom stereocenters. The normalized spacial score (nSPS) is 27.0. The zero-order valence-corrected chi connectivity index (χ0v) is 18.3. The van der Waals surface area contributed by atoms with E-state index in [0.717, 1.165) is 0 Å². The van der Waals surface area contributed by atoms with Gasteiger partial charge in [-0.25, -0.2) is 9.97 Å². The third-order valence-corrected chi connectivity index (χ3v) is 5.65. The van der Waals surface area contributed by atoms with Gasteiger partial charge in [-0.3, -0.25) is 0 Å². The number of rotatable bonds is 6. The summed E-state index contributed by atoms with van der Waals surface area (Å²) in [5.41, 5.74) is 4.92. The third kappa shape index (κ3) is 3.86. The predicted molar refractivity (Wildman–Crippen MR) is 116 cm³/mol. The minimum absolute atomic E-state index is 0.0796. The van der Waals surface area contributed by atoms with E-state index in [4.69, 9.17) is 27.4 Å². The molecule has 164 valence electrons. The van der Waals surface area contributed by atoms with Crippen LogP contribution in [0.5, 0.6) is 0 Å². The Balaban J connectivity index is 2.23. The van der Waals surface area contributed by atoms with E-state index in [0.29, 0.717) is 17.1 Å². The number of aliphatic hydroxyl groups excluding tert-OH is 3. The molecule has 3 heterocycles. The first-order valence-corrected chi connectivity index (χ1v) is 10.8. The topological polar surface area (TPSA) is 156 Å². The van der Waals surface area contributed by atoms with Crippen molar-refractivity contribution < 1.29 is 29.9 Å². The molecule has 0 bridgehead atoms. The van der Waals surface area contributed by atoms with Gasteiger partial charge >= 0.3 is 0 Å². The third-order valence-electron chi connectivity index (χ3n) is 4.87. The molecule has 2 aromatic heterocycles. The highest BCUT2D eigenvalue weighted by atomic mass is 32.2. The van der Waals surface area contributed by atoms with Gasteiger partial charge in [0, 0.05) is 17.8 Å². The SMILES string of the molecule is CCOC(=S)C=C(O)c1cn(C2O[C@H](CO)[C@@H](O)[C@]2(C)O)c2nc(SC)nc(N)c12. The lowest BCUT2D eigenvalue weighted by atomic mass is 9.96. The fourth-order valence-electron chi connectivity index (χ4n) is 3.38. The highest BCUT2D eigenvalue weighted by Gasteiger charge is 2.53. The number of nitrogens with two attached hydrogens (primary N) is 1. The number of thioether (sulfide) groups is 1. The molecule has 0 amide bonds. The molecule has 0 saturated carbocycles. The Morgan fingerprint density at radius 1 is 1.50 bits per heavy atom. The van der Waals surface area contributed by atoms with Crippen LogP contribution in [0.4, 0.5) is 5.82 Å². The van der Waals surface area contributed by atoms with E-state index in [1.54, 1.807) is 13.2 Å². The van der Waals surface area contributed by atoms with Gasteiger partial charge in [0.1, 0.15) is 35.0 Å². The zero-order chi connectivity index (χ0) is 22.2. The lowest BCUT2D eigenvalue weighted by molar-refractivity contribution is -0.0948. The van der Waals surface area contributed by atoms with E-state index >= 15 is 0 Å². The van der Waals surface area contributed by atoms with Gasteiger partial charge in [0.15, 0.2) is 16.4 Å². The first kappa shape index (κ1) is 22.7. The highest BCUT2D eigenvalue weighted by Crippen LogP contribution is 2.42. The second-order valence-electron chi connectivity index (χ2n) is 6.91. The van der Waals surface area contributed by atoms with Crippen molar-refractivity contribution in [3.63, 3.8) is 0 Å². The van der Waals surface area contributed by atoms with Crippen molar-refractivity contribution in [1.82, 2.24) is 14.5 Å². The van der Waals surface area contributed by atoms with Gasteiger partial charge in [-0.05, 0) is 32.3 Å². The molecular weight excluding hydrogens is 432 g/mol. The van der Waals surface area contributed by atoms with E-state index < -0.39 is 30.6 Å². The van der Waals surface area contributed by atoms with E-state index in [-0.39, 0.29) is 27.8 Å². The molecular formula is C18H24N4O6S2. The summed E-state index contributed by atoms with van der Waals surface area (Å²) in [6.07, 6.45) is 1.06. The van der Waals surface area contributed by atoms with Crippen molar-refractivity contribution in [2.24, 2.45) is 0 Å². The van der Waals surface area contributed by atoms with Crippen LogP contribution >= 0.6 is 24.0 Å². The standard InChI is InChI=1S/C18H24N4O6S2/c1-4-27-11(29)5-9(24)8-6-22(15-12(8)14(19)20-17(21-15)30-3)16-18(2,26)13(25)10(7-23)28-16/h5-6,10,13,16,23-26H,4,7H2,1-3H3,(H2,19,20,21)/t10-,13-,16?,18+/m1/s1. The van der Waals surface area contributed by atoms with Crippen molar-refractivity contribution in [2.45, 2.75) is 43.0 Å². The summed E-state index contributed by atoms with van der Waals surface area (Å²) in [7, 11) is 0. The maximum Gasteiger partial charge on any atom is 0.191 e. The minimum atomic E-state index is -1.75. The van der Waals surface area contributed by atoms with Crippen molar-refractivity contribution in [2.75, 3.05) is 25.2 Å². The van der Waals surface area contributed by atoms with Crippen LogP contribution in [0.2, 0.25) is 0 Å². The van der Waals surface area contributed by atoms with Gasteiger partial charge in [0.25, 0.3) is 0 Å². The summed E-state index contributed by atoms with van der Waals surface area (Å²) in [6, 6.07) is 0. The summed E-state index contributed by atoms with van der Waals surface area (Å²) in [5, 5.41) is 42.2. The number of anilines is 1. The minimum Gasteiger partial charge on any atom is -0.507 e. The average Bonchev–Trinajstić information content (AvgIpc) is 3.17. The molecule has 0 aliphatic carbocycles. The summed E-state index contributed by atoms with van der Waals surface area (Å²) in [4.78, 5) is 8.68. The molecule has 10 nitrogen and oxygen atoms in total. The summed E-state index contributed by atoms with van der Waals surface area (Å²) in [6.45, 7) is 3.01. The number of hydrogen-bond donors (Lipinski definition) is 5. The monoisotopic (exact) mass is 456 g/mol. The lowest BCUT2D eigenvalue weighted by Gasteiger charge is -2.27. The predicted octanol–water partition coefficient (Wildman–Crippen LogP) is 1.000. The molecule has 1 fully saturated rings. The molecule has 6 N–H and O–H groups in total. The molecule has 0 spiro atoms. The number of aliphatic hydroxyl groups is 4. The van der Waals surface area contributed by atoms with Crippen LogP contribution in [-0.2, 0) is 9.47 Å². The number of nitrogens with zero attached hydrogens (tertiary/aromatic N) is 3. The van der Waals surface area contributed by atoms with Gasteiger partial charge in [-0.15, -0.1) is 0 Å². The van der Waals surface area contributed by atoms with E-state index in [1.807, 2.05) is 0 Å². The van der Waals surface area contributed by atoms with Crippen molar-refractivity contribution >= 4 is 51.6 Å². The smallest absolute Gasteiger partial charge is 0.191 e. The number of nitrogen functional groups attached to an aromatic ring is 1. The second kappa shape index (κ2) is 8.65. The van der Waals surface area contributed by atoms with Crippen molar-refractivity contribution in [3.8, 4) is 0 Å². The average molecular weight is 457 g/mol. The molecule has 4 atom stereocenters. The fourth-order valence-corrected chi connectivity index (χ4v) is 3.98. The van der Waals surface area contributed by atoms with Crippen LogP contribution in [0.3, 0.4) is 0 Å². The largest absolute Gasteiger partial charge is 0.507 e. The highest BCUT2D eigenvalue weighted by molar-refractivity contribution is 7.98. The maximum absolute atomic E-state index is 10.9. The first-order chi connectivity index (χ1) is 14.1. The van der Waals surface area contributed by atoms with E-state index in [9.17, 15) is 20.4 Å². The van der Waals surface area contributed by atoms with Gasteiger partial charge in [-0.2, -0.15) is 0 Å². The summed E-state index contributed by atoms with van der Waals surface area (Å²) >= 11 is 6.33. The molecule has 3 rings (SSSR count). The molecule has 0 aromatic carbocycles. The van der Waals surface area contributed by atoms with Gasteiger partial charge in [0.2, 0.25) is 0 Å². The molecule has 0 radical (unpaired) electrons. The Kier molecular flexibility index (Phi) is 6.55. The second-order valence-corrected chi connectivity index (χ2v) is 8.08. The molecule has 1 aliphatic heterocycles. The Hall–Kier alpha value is -1.96. The van der Waals surface area contributed by atoms with E-state index in [1.165, 1.54) is 35.5 Å². The molecule has 1 aliphatic rings. The van der Waals surface area contributed by atoms with Gasteiger partial charge < -0.3 is 40.2 Å². The number of hydrogen-bond acceptors (Lipinski definition) is 11. The number of fused-ring (bicyclic) bond motifs is 1. The quantitative estimate of drug-likeness (QED) is 0.139.